The van der Waals surface area contributed by atoms with Crippen molar-refractivity contribution in [3.8, 4) is 5.69 Å². The van der Waals surface area contributed by atoms with Crippen molar-refractivity contribution in [3.05, 3.63) is 64.7 Å². The number of rotatable bonds is 5. The highest BCUT2D eigenvalue weighted by molar-refractivity contribution is 7.99. The third kappa shape index (κ3) is 3.73. The predicted molar refractivity (Wildman–Crippen MR) is 105 cm³/mol. The van der Waals surface area contributed by atoms with Crippen LogP contribution < -0.4 is 5.32 Å². The van der Waals surface area contributed by atoms with E-state index in [9.17, 15) is 4.79 Å². The minimum Gasteiger partial charge on any atom is -0.349 e. The summed E-state index contributed by atoms with van der Waals surface area (Å²) in [6.45, 7) is 4.06. The van der Waals surface area contributed by atoms with Crippen LogP contribution in [0.1, 0.15) is 34.7 Å². The van der Waals surface area contributed by atoms with E-state index >= 15 is 0 Å². The van der Waals surface area contributed by atoms with Crippen LogP contribution in [0.4, 0.5) is 0 Å². The largest absolute Gasteiger partial charge is 0.349 e. The van der Waals surface area contributed by atoms with E-state index in [2.05, 4.69) is 39.0 Å². The maximum Gasteiger partial charge on any atom is 0.230 e. The van der Waals surface area contributed by atoms with Gasteiger partial charge in [-0.1, -0.05) is 48.2 Å². The van der Waals surface area contributed by atoms with Crippen LogP contribution in [0.3, 0.4) is 0 Å². The number of aryl methyl sites for hydroxylation is 3. The topological polar surface area (TPSA) is 72.7 Å². The molecule has 138 valence electrons. The normalized spacial score (nSPS) is 15.6. The Bertz CT molecular complexity index is 984. The number of fused-ring (bicyclic) bond motifs is 1. The molecule has 0 aliphatic heterocycles. The molecule has 1 aliphatic carbocycles. The van der Waals surface area contributed by atoms with Gasteiger partial charge in [0.15, 0.2) is 0 Å². The Hall–Kier alpha value is -2.67. The number of carbonyl (C=O) groups excluding carboxylic acids is 1. The summed E-state index contributed by atoms with van der Waals surface area (Å²) in [6.07, 6.45) is 1.97. The Balaban J connectivity index is 1.42. The van der Waals surface area contributed by atoms with Crippen molar-refractivity contribution in [2.24, 2.45) is 0 Å². The molecule has 1 amide bonds. The Morgan fingerprint density at radius 3 is 3.00 bits per heavy atom. The van der Waals surface area contributed by atoms with Gasteiger partial charge < -0.3 is 5.32 Å². The Labute approximate surface area is 162 Å². The molecule has 1 N–H and O–H groups in total. The molecule has 0 saturated heterocycles. The number of carbonyl (C=O) groups is 1. The number of tetrazole rings is 1. The second kappa shape index (κ2) is 7.52. The first kappa shape index (κ1) is 17.7. The Kier molecular flexibility index (Phi) is 4.94. The quantitative estimate of drug-likeness (QED) is 0.690. The standard InChI is InChI=1S/C20H21N5OS/c1-13-7-8-14(2)18(11-13)25-20(22-23-24-25)27-12-19(26)21-17-10-9-15-5-3-4-6-16(15)17/h3-8,11,17H,9-10,12H2,1-2H3,(H,21,26)/t17-/m0/s1. The minimum absolute atomic E-state index is 0.00258. The summed E-state index contributed by atoms with van der Waals surface area (Å²) >= 11 is 1.35. The van der Waals surface area contributed by atoms with E-state index in [0.717, 1.165) is 29.7 Å². The molecule has 0 fully saturated rings. The first-order valence-electron chi connectivity index (χ1n) is 8.98. The van der Waals surface area contributed by atoms with E-state index in [1.165, 1.54) is 22.9 Å². The van der Waals surface area contributed by atoms with Gasteiger partial charge in [0.1, 0.15) is 0 Å². The van der Waals surface area contributed by atoms with Gasteiger partial charge in [0, 0.05) is 0 Å². The second-order valence-electron chi connectivity index (χ2n) is 6.81. The minimum atomic E-state index is -0.00258. The first-order valence-corrected chi connectivity index (χ1v) is 9.96. The molecular formula is C20H21N5OS. The van der Waals surface area contributed by atoms with E-state index in [1.54, 1.807) is 4.68 Å². The molecule has 7 heteroatoms. The average Bonchev–Trinajstić information content (AvgIpc) is 3.29. The van der Waals surface area contributed by atoms with E-state index in [-0.39, 0.29) is 17.7 Å². The number of nitrogens with one attached hydrogen (secondary N) is 1. The van der Waals surface area contributed by atoms with Crippen LogP contribution in [-0.2, 0) is 11.2 Å². The van der Waals surface area contributed by atoms with Gasteiger partial charge in [-0.2, -0.15) is 4.68 Å². The van der Waals surface area contributed by atoms with E-state index in [1.807, 2.05) is 38.1 Å². The summed E-state index contributed by atoms with van der Waals surface area (Å²) in [4.78, 5) is 12.5. The summed E-state index contributed by atoms with van der Waals surface area (Å²) in [5.74, 6) is 0.279. The van der Waals surface area contributed by atoms with Gasteiger partial charge in [0.25, 0.3) is 0 Å². The third-order valence-corrected chi connectivity index (χ3v) is 5.75. The average molecular weight is 379 g/mol. The molecule has 4 rings (SSSR count). The van der Waals surface area contributed by atoms with Crippen molar-refractivity contribution < 1.29 is 4.79 Å². The monoisotopic (exact) mass is 379 g/mol. The zero-order valence-corrected chi connectivity index (χ0v) is 16.2. The summed E-state index contributed by atoms with van der Waals surface area (Å²) in [5, 5.41) is 15.7. The zero-order valence-electron chi connectivity index (χ0n) is 15.3. The molecule has 0 bridgehead atoms. The number of benzene rings is 2. The van der Waals surface area contributed by atoms with Crippen molar-refractivity contribution in [2.45, 2.75) is 37.9 Å². The van der Waals surface area contributed by atoms with Crippen LogP contribution in [-0.4, -0.2) is 31.9 Å². The van der Waals surface area contributed by atoms with Crippen molar-refractivity contribution in [1.82, 2.24) is 25.5 Å². The molecule has 0 spiro atoms. The lowest BCUT2D eigenvalue weighted by molar-refractivity contribution is -0.119. The lowest BCUT2D eigenvalue weighted by Crippen LogP contribution is -2.28. The molecule has 2 aromatic carbocycles. The maximum atomic E-state index is 12.5. The lowest BCUT2D eigenvalue weighted by Gasteiger charge is -2.14. The zero-order chi connectivity index (χ0) is 18.8. The molecule has 0 unspecified atom stereocenters. The van der Waals surface area contributed by atoms with E-state index in [0.29, 0.717) is 5.16 Å². The number of nitrogens with zero attached hydrogens (tertiary/aromatic N) is 4. The van der Waals surface area contributed by atoms with Gasteiger partial charge >= 0.3 is 0 Å². The van der Waals surface area contributed by atoms with Gasteiger partial charge in [-0.3, -0.25) is 4.79 Å². The summed E-state index contributed by atoms with van der Waals surface area (Å²) in [5.41, 5.74) is 5.72. The van der Waals surface area contributed by atoms with Crippen LogP contribution in [0.5, 0.6) is 0 Å². The SMILES string of the molecule is Cc1ccc(C)c(-n2nnnc2SCC(=O)N[C@H]2CCc3ccccc32)c1. The molecule has 3 aromatic rings. The molecule has 1 aromatic heterocycles. The fraction of sp³-hybridized carbons (Fsp3) is 0.300. The second-order valence-corrected chi connectivity index (χ2v) is 7.75. The molecule has 0 saturated carbocycles. The summed E-state index contributed by atoms with van der Waals surface area (Å²) in [6, 6.07) is 14.6. The first-order chi connectivity index (χ1) is 13.1. The number of aromatic nitrogens is 4. The predicted octanol–water partition coefficient (Wildman–Crippen LogP) is 3.17. The maximum absolute atomic E-state index is 12.5. The van der Waals surface area contributed by atoms with Crippen molar-refractivity contribution >= 4 is 17.7 Å². The molecular weight excluding hydrogens is 358 g/mol. The van der Waals surface area contributed by atoms with Gasteiger partial charge in [-0.25, -0.2) is 0 Å². The smallest absolute Gasteiger partial charge is 0.230 e. The van der Waals surface area contributed by atoms with Crippen LogP contribution in [0.15, 0.2) is 47.6 Å². The summed E-state index contributed by atoms with van der Waals surface area (Å²) < 4.78 is 1.70. The van der Waals surface area contributed by atoms with Gasteiger partial charge in [0.05, 0.1) is 17.5 Å². The third-order valence-electron chi connectivity index (χ3n) is 4.83. The van der Waals surface area contributed by atoms with Gasteiger partial charge in [-0.15, -0.1) is 5.10 Å². The lowest BCUT2D eigenvalue weighted by atomic mass is 10.1. The highest BCUT2D eigenvalue weighted by Crippen LogP contribution is 2.31. The number of hydrogen-bond acceptors (Lipinski definition) is 5. The number of amides is 1. The Morgan fingerprint density at radius 2 is 2.11 bits per heavy atom. The molecule has 1 aliphatic rings. The molecule has 27 heavy (non-hydrogen) atoms. The molecule has 1 heterocycles. The fourth-order valence-corrected chi connectivity index (χ4v) is 4.14. The Morgan fingerprint density at radius 1 is 1.26 bits per heavy atom. The van der Waals surface area contributed by atoms with Crippen molar-refractivity contribution in [2.75, 3.05) is 5.75 Å². The van der Waals surface area contributed by atoms with E-state index in [4.69, 9.17) is 0 Å². The number of hydrogen-bond donors (Lipinski definition) is 1. The van der Waals surface area contributed by atoms with Crippen molar-refractivity contribution in [3.63, 3.8) is 0 Å². The van der Waals surface area contributed by atoms with Crippen molar-refractivity contribution in [1.29, 1.82) is 0 Å². The highest BCUT2D eigenvalue weighted by Gasteiger charge is 2.23. The van der Waals surface area contributed by atoms with Crippen LogP contribution >= 0.6 is 11.8 Å². The summed E-state index contributed by atoms with van der Waals surface area (Å²) in [7, 11) is 0. The van der Waals surface area contributed by atoms with Crippen LogP contribution in [0, 0.1) is 13.8 Å². The molecule has 0 radical (unpaired) electrons. The fourth-order valence-electron chi connectivity index (χ4n) is 3.44. The van der Waals surface area contributed by atoms with E-state index < -0.39 is 0 Å². The van der Waals surface area contributed by atoms with Crippen LogP contribution in [0.2, 0.25) is 0 Å². The van der Waals surface area contributed by atoms with Gasteiger partial charge in [-0.05, 0) is 65.4 Å². The highest BCUT2D eigenvalue weighted by atomic mass is 32.2. The van der Waals surface area contributed by atoms with Crippen LogP contribution in [0.25, 0.3) is 5.69 Å². The molecule has 6 nitrogen and oxygen atoms in total. The molecule has 1 atom stereocenters. The van der Waals surface area contributed by atoms with Gasteiger partial charge in [0.2, 0.25) is 11.1 Å². The number of thioether (sulfide) groups is 1.